The van der Waals surface area contributed by atoms with Gasteiger partial charge >= 0.3 is 0 Å². The summed E-state index contributed by atoms with van der Waals surface area (Å²) in [6.07, 6.45) is 8.52. The van der Waals surface area contributed by atoms with Gasteiger partial charge in [0.25, 0.3) is 15.9 Å². The number of aliphatic imine (C=N–C) groups is 1. The predicted octanol–water partition coefficient (Wildman–Crippen LogP) is 7.11. The Hall–Kier alpha value is -3.50. The number of benzene rings is 2. The van der Waals surface area contributed by atoms with Crippen LogP contribution in [0.5, 0.6) is 0 Å². The highest BCUT2D eigenvalue weighted by atomic mass is 32.2. The van der Waals surface area contributed by atoms with Crippen LogP contribution in [0.2, 0.25) is 0 Å². The van der Waals surface area contributed by atoms with Gasteiger partial charge in [0.15, 0.2) is 5.82 Å². The molecule has 3 aliphatic rings. The van der Waals surface area contributed by atoms with Crippen molar-refractivity contribution in [1.82, 2.24) is 10.1 Å². The van der Waals surface area contributed by atoms with Crippen molar-refractivity contribution < 1.29 is 22.5 Å². The van der Waals surface area contributed by atoms with Gasteiger partial charge in [-0.25, -0.2) is 8.42 Å². The molecule has 6 rings (SSSR count). The van der Waals surface area contributed by atoms with Crippen LogP contribution in [0.25, 0.3) is 11.1 Å². The summed E-state index contributed by atoms with van der Waals surface area (Å²) in [5.74, 6) is 2.20. The lowest BCUT2D eigenvalue weighted by molar-refractivity contribution is -0.131. The molecule has 44 heavy (non-hydrogen) atoms. The fraction of sp³-hybridized carbons (Fsp3) is 0.500. The van der Waals surface area contributed by atoms with Crippen LogP contribution in [0.4, 0.5) is 5.82 Å². The summed E-state index contributed by atoms with van der Waals surface area (Å²) >= 11 is 0. The number of rotatable bonds is 13. The second-order valence-electron chi connectivity index (χ2n) is 12.3. The maximum atomic E-state index is 13.8. The Morgan fingerprint density at radius 1 is 1.09 bits per heavy atom. The summed E-state index contributed by atoms with van der Waals surface area (Å²) in [6.45, 7) is 7.16. The normalized spacial score (nSPS) is 17.9. The number of nitrogens with one attached hydrogen (secondary N) is 1. The molecule has 1 spiro atoms. The summed E-state index contributed by atoms with van der Waals surface area (Å²) in [6, 6.07) is 13.0. The van der Waals surface area contributed by atoms with Gasteiger partial charge in [-0.3, -0.25) is 19.4 Å². The van der Waals surface area contributed by atoms with E-state index in [4.69, 9.17) is 14.3 Å². The van der Waals surface area contributed by atoms with E-state index < -0.39 is 15.6 Å². The molecule has 234 valence electrons. The van der Waals surface area contributed by atoms with E-state index in [1.807, 2.05) is 49.1 Å². The third-order valence-electron chi connectivity index (χ3n) is 9.05. The highest BCUT2D eigenvalue weighted by Gasteiger charge is 2.49. The molecule has 0 bridgehead atoms. The first-order valence-electron chi connectivity index (χ1n) is 15.9. The van der Waals surface area contributed by atoms with Crippen LogP contribution in [0.1, 0.15) is 100 Å². The maximum absolute atomic E-state index is 13.8. The largest absolute Gasteiger partial charge is 0.377 e. The summed E-state index contributed by atoms with van der Waals surface area (Å²) in [7, 11) is -3.99. The van der Waals surface area contributed by atoms with Gasteiger partial charge in [0.2, 0.25) is 0 Å². The highest BCUT2D eigenvalue weighted by Crippen LogP contribution is 2.45. The van der Waals surface area contributed by atoms with Crippen molar-refractivity contribution in [1.29, 1.82) is 0 Å². The van der Waals surface area contributed by atoms with Gasteiger partial charge < -0.3 is 9.26 Å². The number of sulfonamides is 1. The molecule has 0 radical (unpaired) electrons. The van der Waals surface area contributed by atoms with E-state index in [2.05, 4.69) is 16.8 Å². The average molecular weight is 619 g/mol. The Morgan fingerprint density at radius 2 is 1.86 bits per heavy atom. The first-order valence-corrected chi connectivity index (χ1v) is 17.4. The third-order valence-corrected chi connectivity index (χ3v) is 10.4. The van der Waals surface area contributed by atoms with E-state index in [-0.39, 0.29) is 22.5 Å². The van der Waals surface area contributed by atoms with Crippen molar-refractivity contribution in [3.63, 3.8) is 0 Å². The van der Waals surface area contributed by atoms with E-state index in [1.54, 1.807) is 12.1 Å². The third kappa shape index (κ3) is 5.94. The van der Waals surface area contributed by atoms with E-state index in [9.17, 15) is 13.2 Å². The number of anilines is 1. The summed E-state index contributed by atoms with van der Waals surface area (Å²) in [5.41, 5.74) is 3.41. The number of unbranched alkanes of at least 4 members (excludes halogenated alkanes) is 1. The SMILES string of the molecule is CCCCC1=NC2(CCCC2)C(=O)N1Cc1ccc(-c2ccccc2S(=O)(=O)Nc2noc(C)c2C2CC2)c(COCC)c1. The van der Waals surface area contributed by atoms with Gasteiger partial charge in [0, 0.05) is 24.2 Å². The Balaban J connectivity index is 1.32. The number of aryl methyl sites for hydroxylation is 1. The number of aromatic nitrogens is 1. The van der Waals surface area contributed by atoms with Gasteiger partial charge in [-0.15, -0.1) is 0 Å². The molecule has 2 heterocycles. The first-order chi connectivity index (χ1) is 21.3. The van der Waals surface area contributed by atoms with E-state index in [0.717, 1.165) is 85.9 Å². The van der Waals surface area contributed by atoms with Crippen molar-refractivity contribution in [2.24, 2.45) is 4.99 Å². The number of amidine groups is 1. The number of amides is 1. The van der Waals surface area contributed by atoms with Crippen LogP contribution in [0.15, 0.2) is 56.9 Å². The van der Waals surface area contributed by atoms with Crippen LogP contribution in [0, 0.1) is 6.92 Å². The number of carbonyl (C=O) groups is 1. The van der Waals surface area contributed by atoms with Crippen molar-refractivity contribution in [3.05, 3.63) is 64.9 Å². The lowest BCUT2D eigenvalue weighted by Crippen LogP contribution is -2.40. The Kier molecular flexibility index (Phi) is 8.66. The fourth-order valence-corrected chi connectivity index (χ4v) is 7.87. The van der Waals surface area contributed by atoms with Gasteiger partial charge in [0.1, 0.15) is 17.1 Å². The lowest BCUT2D eigenvalue weighted by atomic mass is 9.96. The van der Waals surface area contributed by atoms with Crippen LogP contribution >= 0.6 is 0 Å². The predicted molar refractivity (Wildman–Crippen MR) is 170 cm³/mol. The van der Waals surface area contributed by atoms with Crippen molar-refractivity contribution in [2.75, 3.05) is 11.3 Å². The number of ether oxygens (including phenoxy) is 1. The molecular weight excluding hydrogens is 576 g/mol. The molecule has 0 atom stereocenters. The molecule has 0 saturated heterocycles. The second-order valence-corrected chi connectivity index (χ2v) is 13.9. The molecule has 1 aromatic heterocycles. The molecule has 2 saturated carbocycles. The zero-order valence-electron chi connectivity index (χ0n) is 25.9. The number of nitrogens with zero attached hydrogens (tertiary/aromatic N) is 3. The smallest absolute Gasteiger partial charge is 0.263 e. The molecule has 3 aromatic rings. The molecule has 2 aliphatic carbocycles. The quantitative estimate of drug-likeness (QED) is 0.218. The Bertz CT molecular complexity index is 1670. The molecule has 1 amide bonds. The number of hydrogen-bond donors (Lipinski definition) is 1. The van der Waals surface area contributed by atoms with Crippen molar-refractivity contribution in [3.8, 4) is 11.1 Å². The minimum Gasteiger partial charge on any atom is -0.377 e. The van der Waals surface area contributed by atoms with Gasteiger partial charge in [0.05, 0.1) is 18.0 Å². The zero-order valence-corrected chi connectivity index (χ0v) is 26.7. The minimum atomic E-state index is -3.99. The van der Waals surface area contributed by atoms with Crippen molar-refractivity contribution in [2.45, 2.75) is 108 Å². The van der Waals surface area contributed by atoms with Crippen LogP contribution in [-0.4, -0.2) is 42.4 Å². The monoisotopic (exact) mass is 618 g/mol. The molecular formula is C34H42N4O5S. The Labute approximate surface area is 260 Å². The molecule has 2 aromatic carbocycles. The number of hydrogen-bond acceptors (Lipinski definition) is 7. The van der Waals surface area contributed by atoms with E-state index in [1.165, 1.54) is 0 Å². The zero-order chi connectivity index (χ0) is 30.9. The summed E-state index contributed by atoms with van der Waals surface area (Å²) < 4.78 is 41.6. The molecule has 2 fully saturated rings. The lowest BCUT2D eigenvalue weighted by Gasteiger charge is -2.23. The topological polar surface area (TPSA) is 114 Å². The minimum absolute atomic E-state index is 0.118. The highest BCUT2D eigenvalue weighted by molar-refractivity contribution is 7.92. The second kappa shape index (κ2) is 12.5. The van der Waals surface area contributed by atoms with Crippen LogP contribution < -0.4 is 4.72 Å². The molecule has 0 unspecified atom stereocenters. The fourth-order valence-electron chi connectivity index (χ4n) is 6.63. The molecule has 10 heteroatoms. The molecule has 9 nitrogen and oxygen atoms in total. The average Bonchev–Trinajstić information content (AvgIpc) is 3.54. The van der Waals surface area contributed by atoms with Gasteiger partial charge in [-0.05, 0) is 74.6 Å². The Morgan fingerprint density at radius 3 is 2.59 bits per heavy atom. The van der Waals surface area contributed by atoms with Gasteiger partial charge in [-0.1, -0.05) is 67.7 Å². The van der Waals surface area contributed by atoms with Gasteiger partial charge in [-0.2, -0.15) is 0 Å². The molecule has 1 aliphatic heterocycles. The standard InChI is InChI=1S/C34H42N4O5S/c1-4-6-13-30-35-34(18-9-10-19-34)33(39)38(30)21-24-14-17-27(26(20-24)22-42-5-2)28-11-7-8-12-29(28)44(40,41)37-32-31(25-15-16-25)23(3)43-36-32/h7-8,11-12,14,17,20,25H,4-6,9-10,13,15-16,18-19,21-22H2,1-3H3,(H,36,37). The summed E-state index contributed by atoms with van der Waals surface area (Å²) in [5, 5.41) is 4.04. The van der Waals surface area contributed by atoms with E-state index in [0.29, 0.717) is 31.1 Å². The van der Waals surface area contributed by atoms with Crippen molar-refractivity contribution >= 4 is 27.6 Å². The number of carbonyl (C=O) groups excluding carboxylic acids is 1. The molecule has 1 N–H and O–H groups in total. The first kappa shape index (κ1) is 30.5. The van der Waals surface area contributed by atoms with E-state index >= 15 is 0 Å². The van der Waals surface area contributed by atoms with Crippen LogP contribution in [0.3, 0.4) is 0 Å². The summed E-state index contributed by atoms with van der Waals surface area (Å²) in [4.78, 5) is 20.8. The maximum Gasteiger partial charge on any atom is 0.263 e. The van der Waals surface area contributed by atoms with Crippen LogP contribution in [-0.2, 0) is 32.7 Å².